The maximum absolute atomic E-state index is 10.2. The van der Waals surface area contributed by atoms with Crippen LogP contribution in [0, 0.1) is 0 Å². The number of rotatable bonds is 3. The van der Waals surface area contributed by atoms with Gasteiger partial charge in [0.25, 0.3) is 0 Å². The molecule has 1 aromatic rings. The van der Waals surface area contributed by atoms with Crippen LogP contribution in [-0.2, 0) is 4.79 Å². The molecule has 0 fully saturated rings. The number of hydrogen-bond acceptors (Lipinski definition) is 3. The molecule has 0 heterocycles. The highest BCUT2D eigenvalue weighted by atomic mass is 35.5. The van der Waals surface area contributed by atoms with Crippen LogP contribution in [0.2, 0.25) is 5.02 Å². The third-order valence-electron chi connectivity index (χ3n) is 1.65. The Labute approximate surface area is 80.9 Å². The molecule has 0 aliphatic rings. The van der Waals surface area contributed by atoms with E-state index in [4.69, 9.17) is 21.4 Å². The number of benzene rings is 1. The molecule has 0 saturated carbocycles. The zero-order valence-corrected chi connectivity index (χ0v) is 7.78. The maximum Gasteiger partial charge on any atom is 0.153 e. The Hall–Kier alpha value is -1.06. The van der Waals surface area contributed by atoms with Crippen LogP contribution in [0.3, 0.4) is 0 Å². The lowest BCUT2D eigenvalue weighted by Crippen LogP contribution is -1.98. The highest BCUT2D eigenvalue weighted by molar-refractivity contribution is 6.32. The Morgan fingerprint density at radius 3 is 2.77 bits per heavy atom. The van der Waals surface area contributed by atoms with E-state index in [0.29, 0.717) is 22.6 Å². The Balaban J connectivity index is 3.02. The topological polar surface area (TPSA) is 46.5 Å². The molecule has 0 aromatic heterocycles. The third kappa shape index (κ3) is 2.20. The number of aliphatic hydroxyl groups excluding tert-OH is 1. The van der Waals surface area contributed by atoms with Crippen LogP contribution in [-0.4, -0.2) is 18.5 Å². The quantitative estimate of drug-likeness (QED) is 0.754. The average Bonchev–Trinajstić information content (AvgIpc) is 2.16. The van der Waals surface area contributed by atoms with Crippen LogP contribution in [0.25, 0.3) is 0 Å². The number of aldehydes is 1. The van der Waals surface area contributed by atoms with Crippen molar-refractivity contribution in [2.45, 2.75) is 6.10 Å². The van der Waals surface area contributed by atoms with E-state index >= 15 is 0 Å². The van der Waals surface area contributed by atoms with Gasteiger partial charge in [-0.25, -0.2) is 0 Å². The second-order valence-corrected chi connectivity index (χ2v) is 2.88. The Morgan fingerprint density at radius 1 is 1.62 bits per heavy atom. The van der Waals surface area contributed by atoms with Crippen LogP contribution in [0.5, 0.6) is 5.75 Å². The van der Waals surface area contributed by atoms with Gasteiger partial charge in [-0.3, -0.25) is 0 Å². The molecule has 3 nitrogen and oxygen atoms in total. The summed E-state index contributed by atoms with van der Waals surface area (Å²) in [5.41, 5.74) is 0.459. The van der Waals surface area contributed by atoms with Gasteiger partial charge in [0.1, 0.15) is 11.9 Å². The molecule has 0 amide bonds. The molecule has 1 rings (SSSR count). The molecule has 0 radical (unpaired) electrons. The van der Waals surface area contributed by atoms with Crippen molar-refractivity contribution >= 4 is 17.9 Å². The fraction of sp³-hybridized carbons (Fsp3) is 0.222. The molecule has 0 saturated heterocycles. The molecule has 13 heavy (non-hydrogen) atoms. The molecular weight excluding hydrogens is 192 g/mol. The van der Waals surface area contributed by atoms with Gasteiger partial charge in [-0.2, -0.15) is 0 Å². The van der Waals surface area contributed by atoms with Crippen LogP contribution in [0.4, 0.5) is 0 Å². The van der Waals surface area contributed by atoms with E-state index in [-0.39, 0.29) is 0 Å². The van der Waals surface area contributed by atoms with Crippen LogP contribution < -0.4 is 4.74 Å². The molecule has 0 aliphatic carbocycles. The van der Waals surface area contributed by atoms with Gasteiger partial charge in [0.05, 0.1) is 12.1 Å². The minimum Gasteiger partial charge on any atom is -0.495 e. The van der Waals surface area contributed by atoms with Gasteiger partial charge < -0.3 is 14.6 Å². The van der Waals surface area contributed by atoms with Gasteiger partial charge in [0.15, 0.2) is 6.29 Å². The summed E-state index contributed by atoms with van der Waals surface area (Å²) < 4.78 is 4.91. The lowest BCUT2D eigenvalue weighted by atomic mass is 10.1. The number of aliphatic hydroxyl groups is 1. The van der Waals surface area contributed by atoms with Gasteiger partial charge in [-0.05, 0) is 17.7 Å². The standard InChI is InChI=1S/C9H9ClO3/c1-13-9-3-2-6(4-7(9)10)8(12)5-11/h2-5,8,12H,1H3. The lowest BCUT2D eigenvalue weighted by molar-refractivity contribution is -0.115. The van der Waals surface area contributed by atoms with Gasteiger partial charge in [-0.15, -0.1) is 0 Å². The molecule has 4 heteroatoms. The first kappa shape index (κ1) is 10.0. The molecule has 70 valence electrons. The van der Waals surface area contributed by atoms with E-state index in [2.05, 4.69) is 0 Å². The lowest BCUT2D eigenvalue weighted by Gasteiger charge is -2.06. The van der Waals surface area contributed by atoms with Gasteiger partial charge in [-0.1, -0.05) is 17.7 Å². The highest BCUT2D eigenvalue weighted by Crippen LogP contribution is 2.26. The van der Waals surface area contributed by atoms with Crippen LogP contribution in [0.1, 0.15) is 11.7 Å². The average molecular weight is 201 g/mol. The van der Waals surface area contributed by atoms with Gasteiger partial charge in [0.2, 0.25) is 0 Å². The second-order valence-electron chi connectivity index (χ2n) is 2.47. The first-order valence-electron chi connectivity index (χ1n) is 3.66. The number of carbonyl (C=O) groups is 1. The summed E-state index contributed by atoms with van der Waals surface area (Å²) in [6, 6.07) is 4.69. The van der Waals surface area contributed by atoms with Crippen molar-refractivity contribution < 1.29 is 14.6 Å². The maximum atomic E-state index is 10.2. The molecular formula is C9H9ClO3. The van der Waals surface area contributed by atoms with Crippen molar-refractivity contribution in [3.05, 3.63) is 28.8 Å². The fourth-order valence-electron chi connectivity index (χ4n) is 0.945. The predicted molar refractivity (Wildman–Crippen MR) is 49.0 cm³/mol. The normalized spacial score (nSPS) is 12.2. The number of hydrogen-bond donors (Lipinski definition) is 1. The summed E-state index contributed by atoms with van der Waals surface area (Å²) in [6.45, 7) is 0. The van der Waals surface area contributed by atoms with Crippen LogP contribution >= 0.6 is 11.6 Å². The highest BCUT2D eigenvalue weighted by Gasteiger charge is 2.08. The summed E-state index contributed by atoms with van der Waals surface area (Å²) >= 11 is 5.78. The fourth-order valence-corrected chi connectivity index (χ4v) is 1.21. The predicted octanol–water partition coefficient (Wildman–Crippen LogP) is 1.58. The van der Waals surface area contributed by atoms with E-state index in [1.165, 1.54) is 13.2 Å². The Morgan fingerprint density at radius 2 is 2.31 bits per heavy atom. The molecule has 1 unspecified atom stereocenters. The van der Waals surface area contributed by atoms with Crippen molar-refractivity contribution in [1.29, 1.82) is 0 Å². The third-order valence-corrected chi connectivity index (χ3v) is 1.94. The van der Waals surface area contributed by atoms with Crippen LogP contribution in [0.15, 0.2) is 18.2 Å². The van der Waals surface area contributed by atoms with Gasteiger partial charge in [0, 0.05) is 0 Å². The van der Waals surface area contributed by atoms with E-state index in [0.717, 1.165) is 0 Å². The zero-order valence-electron chi connectivity index (χ0n) is 7.03. The number of carbonyl (C=O) groups excluding carboxylic acids is 1. The Kier molecular flexibility index (Phi) is 3.28. The van der Waals surface area contributed by atoms with Crippen molar-refractivity contribution in [2.24, 2.45) is 0 Å². The van der Waals surface area contributed by atoms with Gasteiger partial charge >= 0.3 is 0 Å². The van der Waals surface area contributed by atoms with Crippen molar-refractivity contribution in [2.75, 3.05) is 7.11 Å². The van der Waals surface area contributed by atoms with E-state index in [9.17, 15) is 4.79 Å². The molecule has 0 aliphatic heterocycles. The molecule has 0 spiro atoms. The Bertz CT molecular complexity index is 312. The summed E-state index contributed by atoms with van der Waals surface area (Å²) in [7, 11) is 1.50. The number of methoxy groups -OCH3 is 1. The summed E-state index contributed by atoms with van der Waals surface area (Å²) in [5.74, 6) is 0.517. The zero-order chi connectivity index (χ0) is 9.84. The van der Waals surface area contributed by atoms with Crippen molar-refractivity contribution in [3.8, 4) is 5.75 Å². The smallest absolute Gasteiger partial charge is 0.153 e. The molecule has 1 atom stereocenters. The first-order valence-corrected chi connectivity index (χ1v) is 4.03. The summed E-state index contributed by atoms with van der Waals surface area (Å²) in [4.78, 5) is 10.2. The minimum atomic E-state index is -1.12. The largest absolute Gasteiger partial charge is 0.495 e. The minimum absolute atomic E-state index is 0.376. The SMILES string of the molecule is COc1ccc(C(O)C=O)cc1Cl. The van der Waals surface area contributed by atoms with Crippen molar-refractivity contribution in [3.63, 3.8) is 0 Å². The summed E-state index contributed by atoms with van der Waals surface area (Å²) in [6.07, 6.45) is -0.679. The van der Waals surface area contributed by atoms with E-state index in [1.54, 1.807) is 12.1 Å². The first-order chi connectivity index (χ1) is 6.19. The summed E-state index contributed by atoms with van der Waals surface area (Å²) in [5, 5.41) is 9.53. The molecule has 0 bridgehead atoms. The van der Waals surface area contributed by atoms with E-state index in [1.807, 2.05) is 0 Å². The second kappa shape index (κ2) is 4.25. The van der Waals surface area contributed by atoms with E-state index < -0.39 is 6.10 Å². The van der Waals surface area contributed by atoms with Crippen molar-refractivity contribution in [1.82, 2.24) is 0 Å². The monoisotopic (exact) mass is 200 g/mol. The molecule has 1 N–H and O–H groups in total. The number of halogens is 1. The molecule has 1 aromatic carbocycles. The number of ether oxygens (including phenoxy) is 1.